The van der Waals surface area contributed by atoms with Gasteiger partial charge in [-0.3, -0.25) is 0 Å². The number of piperidine rings is 1. The Balaban J connectivity index is 1.69. The van der Waals surface area contributed by atoms with Crippen molar-refractivity contribution < 1.29 is 12.9 Å². The summed E-state index contributed by atoms with van der Waals surface area (Å²) < 4.78 is 30.7. The van der Waals surface area contributed by atoms with Gasteiger partial charge < -0.3 is 4.52 Å². The number of aromatic nitrogens is 2. The zero-order valence-electron chi connectivity index (χ0n) is 12.8. The molecule has 0 unspecified atom stereocenters. The molecule has 1 fully saturated rings. The van der Waals surface area contributed by atoms with Crippen molar-refractivity contribution in [2.45, 2.75) is 25.7 Å². The lowest BCUT2D eigenvalue weighted by molar-refractivity contribution is 0.271. The van der Waals surface area contributed by atoms with E-state index in [1.54, 1.807) is 23.4 Å². The fraction of sp³-hybridized carbons (Fsp3) is 0.467. The van der Waals surface area contributed by atoms with Gasteiger partial charge in [0.15, 0.2) is 0 Å². The van der Waals surface area contributed by atoms with Gasteiger partial charge in [-0.2, -0.15) is 4.98 Å². The minimum Gasteiger partial charge on any atom is -0.339 e. The second-order valence-corrected chi connectivity index (χ2v) is 8.23. The van der Waals surface area contributed by atoms with E-state index < -0.39 is 10.0 Å². The molecule has 1 aliphatic rings. The van der Waals surface area contributed by atoms with Crippen LogP contribution >= 0.6 is 11.6 Å². The van der Waals surface area contributed by atoms with Crippen LogP contribution < -0.4 is 0 Å². The molecule has 3 rings (SSSR count). The average Bonchev–Trinajstić information content (AvgIpc) is 3.05. The largest absolute Gasteiger partial charge is 0.339 e. The molecular formula is C15H18ClN3O3S. The van der Waals surface area contributed by atoms with Crippen LogP contribution in [-0.2, 0) is 10.0 Å². The molecular weight excluding hydrogens is 338 g/mol. The molecule has 6 nitrogen and oxygen atoms in total. The molecule has 124 valence electrons. The lowest BCUT2D eigenvalue weighted by atomic mass is 9.98. The van der Waals surface area contributed by atoms with Crippen molar-refractivity contribution in [3.63, 3.8) is 0 Å². The van der Waals surface area contributed by atoms with E-state index in [0.29, 0.717) is 42.7 Å². The Morgan fingerprint density at radius 3 is 2.52 bits per heavy atom. The Labute approximate surface area is 140 Å². The molecule has 0 radical (unpaired) electrons. The Morgan fingerprint density at radius 1 is 1.26 bits per heavy atom. The van der Waals surface area contributed by atoms with E-state index in [2.05, 4.69) is 10.1 Å². The van der Waals surface area contributed by atoms with Crippen molar-refractivity contribution in [2.75, 3.05) is 18.8 Å². The number of sulfonamides is 1. The number of benzene rings is 1. The smallest absolute Gasteiger partial charge is 0.230 e. The Morgan fingerprint density at radius 2 is 1.91 bits per heavy atom. The number of hydrogen-bond donors (Lipinski definition) is 0. The van der Waals surface area contributed by atoms with Crippen LogP contribution in [0.5, 0.6) is 0 Å². The molecule has 1 saturated heterocycles. The van der Waals surface area contributed by atoms with Crippen LogP contribution in [0, 0.1) is 0 Å². The zero-order chi connectivity index (χ0) is 16.4. The normalized spacial score (nSPS) is 17.5. The highest BCUT2D eigenvalue weighted by molar-refractivity contribution is 7.89. The maximum Gasteiger partial charge on any atom is 0.230 e. The summed E-state index contributed by atoms with van der Waals surface area (Å²) in [7, 11) is -3.11. The van der Waals surface area contributed by atoms with Crippen molar-refractivity contribution in [1.82, 2.24) is 14.4 Å². The third-order valence-electron chi connectivity index (χ3n) is 4.11. The maximum absolute atomic E-state index is 11.9. The quantitative estimate of drug-likeness (QED) is 0.842. The van der Waals surface area contributed by atoms with Crippen molar-refractivity contribution >= 4 is 21.6 Å². The van der Waals surface area contributed by atoms with Crippen molar-refractivity contribution in [3.8, 4) is 11.4 Å². The number of rotatable bonds is 4. The van der Waals surface area contributed by atoms with Crippen LogP contribution in [0.4, 0.5) is 0 Å². The SMILES string of the molecule is CCS(=O)(=O)N1CCC(c2nc(-c3ccc(Cl)cc3)no2)CC1. The first-order valence-corrected chi connectivity index (χ1v) is 9.55. The van der Waals surface area contributed by atoms with Crippen LogP contribution in [0.3, 0.4) is 0 Å². The Hall–Kier alpha value is -1.44. The van der Waals surface area contributed by atoms with Gasteiger partial charge >= 0.3 is 0 Å². The van der Waals surface area contributed by atoms with Crippen LogP contribution in [0.15, 0.2) is 28.8 Å². The highest BCUT2D eigenvalue weighted by Crippen LogP contribution is 2.29. The van der Waals surface area contributed by atoms with Gasteiger partial charge in [0.05, 0.1) is 5.75 Å². The van der Waals surface area contributed by atoms with Crippen LogP contribution in [0.1, 0.15) is 31.6 Å². The monoisotopic (exact) mass is 355 g/mol. The maximum atomic E-state index is 11.9. The molecule has 0 bridgehead atoms. The van der Waals surface area contributed by atoms with Crippen molar-refractivity contribution in [3.05, 3.63) is 35.2 Å². The topological polar surface area (TPSA) is 76.3 Å². The van der Waals surface area contributed by atoms with Gasteiger partial charge in [0.25, 0.3) is 0 Å². The van der Waals surface area contributed by atoms with Crippen LogP contribution in [0.2, 0.25) is 5.02 Å². The summed E-state index contributed by atoms with van der Waals surface area (Å²) in [6.45, 7) is 2.66. The highest BCUT2D eigenvalue weighted by atomic mass is 35.5. The van der Waals surface area contributed by atoms with E-state index in [4.69, 9.17) is 16.1 Å². The predicted molar refractivity (Wildman–Crippen MR) is 87.8 cm³/mol. The molecule has 1 aromatic carbocycles. The van der Waals surface area contributed by atoms with E-state index in [-0.39, 0.29) is 11.7 Å². The van der Waals surface area contributed by atoms with Gasteiger partial charge in [0.1, 0.15) is 0 Å². The Bertz CT molecular complexity index is 766. The fourth-order valence-corrected chi connectivity index (χ4v) is 3.94. The first-order chi connectivity index (χ1) is 11.0. The van der Waals surface area contributed by atoms with E-state index in [1.165, 1.54) is 0 Å². The summed E-state index contributed by atoms with van der Waals surface area (Å²) >= 11 is 5.87. The van der Waals surface area contributed by atoms with E-state index in [9.17, 15) is 8.42 Å². The molecule has 0 aliphatic carbocycles. The Kier molecular flexibility index (Phi) is 4.70. The standard InChI is InChI=1S/C15H18ClN3O3S/c1-2-23(20,21)19-9-7-12(8-10-19)15-17-14(18-22-15)11-3-5-13(16)6-4-11/h3-6,12H,2,7-10H2,1H3. The molecule has 0 spiro atoms. The number of halogens is 1. The number of nitrogens with zero attached hydrogens (tertiary/aromatic N) is 3. The second-order valence-electron chi connectivity index (χ2n) is 5.54. The van der Waals surface area contributed by atoms with Crippen LogP contribution in [0.25, 0.3) is 11.4 Å². The van der Waals surface area contributed by atoms with Gasteiger partial charge in [-0.25, -0.2) is 12.7 Å². The van der Waals surface area contributed by atoms with E-state index >= 15 is 0 Å². The second kappa shape index (κ2) is 6.59. The third-order valence-corrected chi connectivity index (χ3v) is 6.24. The van der Waals surface area contributed by atoms with Gasteiger partial charge in [-0.15, -0.1) is 0 Å². The minimum absolute atomic E-state index is 0.104. The van der Waals surface area contributed by atoms with Crippen molar-refractivity contribution in [1.29, 1.82) is 0 Å². The number of hydrogen-bond acceptors (Lipinski definition) is 5. The molecule has 2 aromatic rings. The van der Waals surface area contributed by atoms with Gasteiger partial charge in [0, 0.05) is 29.6 Å². The van der Waals surface area contributed by atoms with Crippen molar-refractivity contribution in [2.24, 2.45) is 0 Å². The summed E-state index contributed by atoms with van der Waals surface area (Å²) in [4.78, 5) is 4.45. The summed E-state index contributed by atoms with van der Waals surface area (Å²) in [5, 5.41) is 4.67. The van der Waals surface area contributed by atoms with E-state index in [0.717, 1.165) is 5.56 Å². The first-order valence-electron chi connectivity index (χ1n) is 7.57. The summed E-state index contributed by atoms with van der Waals surface area (Å²) in [5.74, 6) is 1.34. The van der Waals surface area contributed by atoms with E-state index in [1.807, 2.05) is 12.1 Å². The highest BCUT2D eigenvalue weighted by Gasteiger charge is 2.30. The molecule has 1 aliphatic heterocycles. The molecule has 23 heavy (non-hydrogen) atoms. The van der Waals surface area contributed by atoms with Gasteiger partial charge in [-0.05, 0) is 44.0 Å². The summed E-state index contributed by atoms with van der Waals surface area (Å²) in [5.41, 5.74) is 0.843. The summed E-state index contributed by atoms with van der Waals surface area (Å²) in [6.07, 6.45) is 1.39. The zero-order valence-corrected chi connectivity index (χ0v) is 14.3. The van der Waals surface area contributed by atoms with Crippen LogP contribution in [-0.4, -0.2) is 41.7 Å². The molecule has 1 aromatic heterocycles. The third kappa shape index (κ3) is 3.57. The fourth-order valence-electron chi connectivity index (χ4n) is 2.68. The van der Waals surface area contributed by atoms with Gasteiger partial charge in [-0.1, -0.05) is 16.8 Å². The lowest BCUT2D eigenvalue weighted by Gasteiger charge is -2.29. The molecule has 0 saturated carbocycles. The van der Waals surface area contributed by atoms with Gasteiger partial charge in [0.2, 0.25) is 21.7 Å². The molecule has 0 amide bonds. The first kappa shape index (κ1) is 16.4. The molecule has 0 atom stereocenters. The molecule has 8 heteroatoms. The lowest BCUT2D eigenvalue weighted by Crippen LogP contribution is -2.38. The summed E-state index contributed by atoms with van der Waals surface area (Å²) in [6, 6.07) is 7.24. The molecule has 0 N–H and O–H groups in total. The minimum atomic E-state index is -3.11. The molecule has 2 heterocycles. The predicted octanol–water partition coefficient (Wildman–Crippen LogP) is 2.92. The average molecular weight is 356 g/mol.